The lowest BCUT2D eigenvalue weighted by atomic mass is 9.93. The van der Waals surface area contributed by atoms with E-state index in [0.717, 1.165) is 26.2 Å². The number of hydrogen-bond donors (Lipinski definition) is 2. The summed E-state index contributed by atoms with van der Waals surface area (Å²) in [6.45, 7) is 0.982. The summed E-state index contributed by atoms with van der Waals surface area (Å²) in [6, 6.07) is 3.33. The molecule has 2 heterocycles. The van der Waals surface area contributed by atoms with Crippen molar-refractivity contribution < 1.29 is 23.1 Å². The van der Waals surface area contributed by atoms with Crippen LogP contribution in [-0.4, -0.2) is 37.3 Å². The summed E-state index contributed by atoms with van der Waals surface area (Å²) in [7, 11) is 0. The molecule has 0 aliphatic heterocycles. The maximum absolute atomic E-state index is 12.5. The van der Waals surface area contributed by atoms with Crippen LogP contribution >= 0.6 is 11.6 Å². The molecule has 142 valence electrons. The molecule has 1 fully saturated rings. The fourth-order valence-electron chi connectivity index (χ4n) is 3.04. The first kappa shape index (κ1) is 18.9. The number of aromatic nitrogens is 3. The van der Waals surface area contributed by atoms with Crippen LogP contribution in [0.3, 0.4) is 0 Å². The number of nitrogens with zero attached hydrogens (tertiary/aromatic N) is 3. The summed E-state index contributed by atoms with van der Waals surface area (Å²) in [5.74, 6) is -0.548. The molecule has 2 aromatic heterocycles. The van der Waals surface area contributed by atoms with Crippen molar-refractivity contribution in [1.29, 1.82) is 0 Å². The zero-order valence-electron chi connectivity index (χ0n) is 14.0. The van der Waals surface area contributed by atoms with E-state index in [9.17, 15) is 23.1 Å². The third-order valence-electron chi connectivity index (χ3n) is 4.32. The van der Waals surface area contributed by atoms with Crippen LogP contribution in [0.2, 0.25) is 5.15 Å². The molecule has 1 atom stereocenters. The van der Waals surface area contributed by atoms with Gasteiger partial charge in [0.05, 0.1) is 18.4 Å². The lowest BCUT2D eigenvalue weighted by Gasteiger charge is -2.29. The summed E-state index contributed by atoms with van der Waals surface area (Å²) < 4.78 is 39.3. The topological polar surface area (TPSA) is 80.0 Å². The van der Waals surface area contributed by atoms with Gasteiger partial charge >= 0.3 is 6.18 Å². The van der Waals surface area contributed by atoms with Crippen LogP contribution in [0.15, 0.2) is 12.1 Å². The van der Waals surface area contributed by atoms with Crippen molar-refractivity contribution in [2.75, 3.05) is 5.32 Å². The van der Waals surface area contributed by atoms with Gasteiger partial charge in [0.25, 0.3) is 0 Å². The number of nitrogens with one attached hydrogen (secondary N) is 1. The lowest BCUT2D eigenvalue weighted by Crippen LogP contribution is -2.36. The highest BCUT2D eigenvalue weighted by Gasteiger charge is 2.39. The number of imidazole rings is 1. The number of anilines is 1. The van der Waals surface area contributed by atoms with Gasteiger partial charge in [-0.15, -0.1) is 0 Å². The van der Waals surface area contributed by atoms with Gasteiger partial charge in [0.2, 0.25) is 11.9 Å². The third-order valence-corrected chi connectivity index (χ3v) is 4.53. The number of fused-ring (bicyclic) bond motifs is 1. The Morgan fingerprint density at radius 2 is 2.08 bits per heavy atom. The van der Waals surface area contributed by atoms with E-state index in [4.69, 9.17) is 11.6 Å². The second-order valence-corrected chi connectivity index (χ2v) is 7.27. The monoisotopic (exact) mass is 390 g/mol. The van der Waals surface area contributed by atoms with Crippen molar-refractivity contribution in [2.24, 2.45) is 0 Å². The van der Waals surface area contributed by atoms with E-state index in [1.54, 1.807) is 16.7 Å². The molecule has 0 bridgehead atoms. The molecule has 0 aromatic carbocycles. The number of carbonyl (C=O) groups excluding carboxylic acids is 1. The van der Waals surface area contributed by atoms with Gasteiger partial charge in [-0.1, -0.05) is 11.6 Å². The minimum atomic E-state index is -4.57. The van der Waals surface area contributed by atoms with Gasteiger partial charge in [-0.05, 0) is 38.3 Å². The lowest BCUT2D eigenvalue weighted by molar-refractivity contribution is -0.174. The zero-order chi connectivity index (χ0) is 19.1. The Kier molecular flexibility index (Phi) is 4.87. The summed E-state index contributed by atoms with van der Waals surface area (Å²) in [6.07, 6.45) is -3.94. The Labute approximate surface area is 152 Å². The average Bonchev–Trinajstić information content (AvgIpc) is 2.71. The predicted molar refractivity (Wildman–Crippen MR) is 90.0 cm³/mol. The van der Waals surface area contributed by atoms with Crippen LogP contribution in [0, 0.1) is 0 Å². The van der Waals surface area contributed by atoms with Gasteiger partial charge in [-0.3, -0.25) is 14.7 Å². The van der Waals surface area contributed by atoms with E-state index in [1.165, 1.54) is 0 Å². The molecule has 1 aliphatic rings. The molecule has 10 heteroatoms. The van der Waals surface area contributed by atoms with E-state index >= 15 is 0 Å². The van der Waals surface area contributed by atoms with E-state index in [1.807, 2.05) is 0 Å². The highest BCUT2D eigenvalue weighted by molar-refractivity contribution is 6.29. The fourth-order valence-corrected chi connectivity index (χ4v) is 3.18. The Morgan fingerprint density at radius 1 is 1.38 bits per heavy atom. The number of hydrogen-bond acceptors (Lipinski definition) is 4. The van der Waals surface area contributed by atoms with Gasteiger partial charge in [0.15, 0.2) is 5.65 Å². The van der Waals surface area contributed by atoms with Crippen molar-refractivity contribution in [3.63, 3.8) is 0 Å². The molecular weight excluding hydrogens is 373 g/mol. The summed E-state index contributed by atoms with van der Waals surface area (Å²) >= 11 is 5.94. The largest absolute Gasteiger partial charge is 0.391 e. The van der Waals surface area contributed by atoms with Gasteiger partial charge in [0, 0.05) is 6.04 Å². The molecule has 1 aliphatic carbocycles. The molecule has 2 N–H and O–H groups in total. The number of pyridine rings is 1. The molecule has 26 heavy (non-hydrogen) atoms. The Hall–Kier alpha value is -1.87. The zero-order valence-corrected chi connectivity index (χ0v) is 14.7. The quantitative estimate of drug-likeness (QED) is 0.760. The second-order valence-electron chi connectivity index (χ2n) is 6.88. The first-order valence-corrected chi connectivity index (χ1v) is 8.55. The van der Waals surface area contributed by atoms with Crippen molar-refractivity contribution in [3.8, 4) is 0 Å². The average molecular weight is 391 g/mol. The molecule has 2 aromatic rings. The highest BCUT2D eigenvalue weighted by Crippen LogP contribution is 2.37. The SMILES string of the molecule is CC(O)(CC(=O)Nc1nc2ccc(Cl)nc2n1C1CCC1)CC(F)(F)F. The smallest absolute Gasteiger partial charge is 0.389 e. The molecule has 0 radical (unpaired) electrons. The van der Waals surface area contributed by atoms with Crippen molar-refractivity contribution in [3.05, 3.63) is 17.3 Å². The maximum Gasteiger partial charge on any atom is 0.391 e. The van der Waals surface area contributed by atoms with Crippen LogP contribution in [-0.2, 0) is 4.79 Å². The Balaban J connectivity index is 1.83. The summed E-state index contributed by atoms with van der Waals surface area (Å²) in [5.41, 5.74) is -1.16. The molecule has 0 spiro atoms. The Morgan fingerprint density at radius 3 is 2.65 bits per heavy atom. The van der Waals surface area contributed by atoms with E-state index in [0.29, 0.717) is 11.2 Å². The summed E-state index contributed by atoms with van der Waals surface area (Å²) in [5, 5.41) is 12.7. The number of rotatable bonds is 5. The summed E-state index contributed by atoms with van der Waals surface area (Å²) in [4.78, 5) is 20.8. The van der Waals surface area contributed by atoms with E-state index in [-0.39, 0.29) is 17.1 Å². The maximum atomic E-state index is 12.5. The molecule has 0 saturated heterocycles. The minimum Gasteiger partial charge on any atom is -0.389 e. The standard InChI is InChI=1S/C16H18ClF3N4O2/c1-15(26,8-16(18,19)20)7-12(25)23-14-21-10-5-6-11(17)22-13(10)24(14)9-3-2-4-9/h5-6,9,26H,2-4,7-8H2,1H3,(H,21,23,25). The molecule has 6 nitrogen and oxygen atoms in total. The van der Waals surface area contributed by atoms with Crippen LogP contribution in [0.4, 0.5) is 19.1 Å². The van der Waals surface area contributed by atoms with Gasteiger partial charge in [-0.25, -0.2) is 9.97 Å². The number of aliphatic hydroxyl groups is 1. The molecule has 3 rings (SSSR count). The van der Waals surface area contributed by atoms with E-state index < -0.39 is 30.5 Å². The number of carbonyl (C=O) groups is 1. The molecule has 1 unspecified atom stereocenters. The number of alkyl halides is 3. The first-order chi connectivity index (χ1) is 12.0. The van der Waals surface area contributed by atoms with Crippen molar-refractivity contribution >= 4 is 34.6 Å². The van der Waals surface area contributed by atoms with Crippen LogP contribution in [0.1, 0.15) is 45.1 Å². The second kappa shape index (κ2) is 6.70. The van der Waals surface area contributed by atoms with Gasteiger partial charge < -0.3 is 5.11 Å². The molecule has 1 amide bonds. The van der Waals surface area contributed by atoms with Crippen molar-refractivity contribution in [1.82, 2.24) is 14.5 Å². The first-order valence-electron chi connectivity index (χ1n) is 8.17. The highest BCUT2D eigenvalue weighted by atomic mass is 35.5. The van der Waals surface area contributed by atoms with Crippen molar-refractivity contribution in [2.45, 2.75) is 56.8 Å². The van der Waals surface area contributed by atoms with Crippen LogP contribution in [0.5, 0.6) is 0 Å². The fraction of sp³-hybridized carbons (Fsp3) is 0.562. The molecular formula is C16H18ClF3N4O2. The number of amides is 1. The normalized spacial score (nSPS) is 17.8. The van der Waals surface area contributed by atoms with Gasteiger partial charge in [0.1, 0.15) is 10.7 Å². The predicted octanol–water partition coefficient (Wildman–Crippen LogP) is 3.84. The Bertz CT molecular complexity index is 831. The van der Waals surface area contributed by atoms with Crippen LogP contribution in [0.25, 0.3) is 11.2 Å². The number of halogens is 4. The van der Waals surface area contributed by atoms with Crippen LogP contribution < -0.4 is 5.32 Å². The third kappa shape index (κ3) is 4.27. The molecule has 1 saturated carbocycles. The van der Waals surface area contributed by atoms with Gasteiger partial charge in [-0.2, -0.15) is 13.2 Å². The minimum absolute atomic E-state index is 0.0944. The van der Waals surface area contributed by atoms with E-state index in [2.05, 4.69) is 15.3 Å².